The molecular formula is C21H27N3O5S2. The molecule has 0 saturated carbocycles. The van der Waals surface area contributed by atoms with Crippen LogP contribution in [0.25, 0.3) is 0 Å². The summed E-state index contributed by atoms with van der Waals surface area (Å²) in [5.74, 6) is -0.732. The van der Waals surface area contributed by atoms with E-state index < -0.39 is 16.0 Å². The molecule has 1 aromatic heterocycles. The SMILES string of the molecule is CCN(C(C)=O)c1nc(COC(=O)c2cccc(S(=O)(=O)N3CCCCCC3)c2)cs1. The number of benzene rings is 1. The normalized spacial score (nSPS) is 15.3. The number of esters is 1. The Morgan fingerprint density at radius 3 is 2.55 bits per heavy atom. The summed E-state index contributed by atoms with van der Waals surface area (Å²) < 4.78 is 32.8. The first kappa shape index (κ1) is 23.4. The third-order valence-electron chi connectivity index (χ3n) is 5.09. The Kier molecular flexibility index (Phi) is 7.79. The van der Waals surface area contributed by atoms with E-state index in [1.54, 1.807) is 11.4 Å². The summed E-state index contributed by atoms with van der Waals surface area (Å²) in [6.45, 7) is 4.76. The molecule has 2 aromatic rings. The number of thiazole rings is 1. The highest BCUT2D eigenvalue weighted by Crippen LogP contribution is 2.23. The zero-order valence-electron chi connectivity index (χ0n) is 17.7. The first-order chi connectivity index (χ1) is 14.8. The molecule has 3 rings (SSSR count). The molecule has 31 heavy (non-hydrogen) atoms. The second kappa shape index (κ2) is 10.3. The number of carbonyl (C=O) groups excluding carboxylic acids is 2. The topological polar surface area (TPSA) is 96.9 Å². The Labute approximate surface area is 186 Å². The predicted octanol–water partition coefficient (Wildman–Crippen LogP) is 3.44. The van der Waals surface area contributed by atoms with Gasteiger partial charge in [0.15, 0.2) is 5.13 Å². The van der Waals surface area contributed by atoms with Crippen LogP contribution in [0.15, 0.2) is 34.5 Å². The fourth-order valence-electron chi connectivity index (χ4n) is 3.42. The van der Waals surface area contributed by atoms with E-state index >= 15 is 0 Å². The molecule has 1 aliphatic rings. The zero-order valence-corrected chi connectivity index (χ0v) is 19.4. The van der Waals surface area contributed by atoms with E-state index in [0.717, 1.165) is 25.7 Å². The minimum absolute atomic E-state index is 0.0616. The van der Waals surface area contributed by atoms with Crippen LogP contribution in [0.3, 0.4) is 0 Å². The van der Waals surface area contributed by atoms with Crippen LogP contribution in [0.4, 0.5) is 5.13 Å². The third kappa shape index (κ3) is 5.69. The van der Waals surface area contributed by atoms with E-state index in [2.05, 4.69) is 4.98 Å². The molecular weight excluding hydrogens is 438 g/mol. The van der Waals surface area contributed by atoms with Crippen molar-refractivity contribution < 1.29 is 22.7 Å². The number of hydrogen-bond donors (Lipinski definition) is 0. The number of aromatic nitrogens is 1. The summed E-state index contributed by atoms with van der Waals surface area (Å²) in [5.41, 5.74) is 0.701. The molecule has 1 amide bonds. The third-order valence-corrected chi connectivity index (χ3v) is 7.90. The molecule has 1 fully saturated rings. The molecule has 0 bridgehead atoms. The van der Waals surface area contributed by atoms with Crippen molar-refractivity contribution in [1.82, 2.24) is 9.29 Å². The van der Waals surface area contributed by atoms with Crippen LogP contribution in [0.2, 0.25) is 0 Å². The summed E-state index contributed by atoms with van der Waals surface area (Å²) in [7, 11) is -3.65. The molecule has 2 heterocycles. The van der Waals surface area contributed by atoms with Crippen molar-refractivity contribution in [2.24, 2.45) is 0 Å². The number of amides is 1. The van der Waals surface area contributed by atoms with Crippen molar-refractivity contribution in [1.29, 1.82) is 0 Å². The van der Waals surface area contributed by atoms with Crippen LogP contribution in [0.1, 0.15) is 55.6 Å². The van der Waals surface area contributed by atoms with Crippen molar-refractivity contribution >= 4 is 38.4 Å². The Morgan fingerprint density at radius 2 is 1.90 bits per heavy atom. The van der Waals surface area contributed by atoms with Gasteiger partial charge in [-0.05, 0) is 38.0 Å². The lowest BCUT2D eigenvalue weighted by Gasteiger charge is -2.20. The molecule has 1 saturated heterocycles. The highest BCUT2D eigenvalue weighted by atomic mass is 32.2. The van der Waals surface area contributed by atoms with Crippen LogP contribution in [-0.2, 0) is 26.2 Å². The average molecular weight is 466 g/mol. The largest absolute Gasteiger partial charge is 0.456 e. The van der Waals surface area contributed by atoms with Gasteiger partial charge in [0, 0.05) is 31.9 Å². The lowest BCUT2D eigenvalue weighted by Crippen LogP contribution is -2.32. The molecule has 1 aliphatic heterocycles. The second-order valence-electron chi connectivity index (χ2n) is 7.31. The maximum atomic E-state index is 13.0. The number of hydrogen-bond acceptors (Lipinski definition) is 7. The number of nitrogens with zero attached hydrogens (tertiary/aromatic N) is 3. The van der Waals surface area contributed by atoms with E-state index in [4.69, 9.17) is 4.74 Å². The van der Waals surface area contributed by atoms with E-state index in [0.29, 0.717) is 30.5 Å². The summed E-state index contributed by atoms with van der Waals surface area (Å²) in [6.07, 6.45) is 3.74. The maximum Gasteiger partial charge on any atom is 0.338 e. The van der Waals surface area contributed by atoms with Crippen molar-refractivity contribution in [2.45, 2.75) is 51.0 Å². The predicted molar refractivity (Wildman–Crippen MR) is 119 cm³/mol. The summed E-state index contributed by atoms with van der Waals surface area (Å²) in [5, 5.41) is 2.28. The first-order valence-corrected chi connectivity index (χ1v) is 12.6. The minimum Gasteiger partial charge on any atom is -0.456 e. The zero-order chi connectivity index (χ0) is 22.4. The average Bonchev–Trinajstić information content (AvgIpc) is 3.03. The standard InChI is InChI=1S/C21H27N3O5S2/c1-3-24(16(2)25)21-22-18(15-30-21)14-29-20(26)17-9-8-10-19(13-17)31(27,28)23-11-6-4-5-7-12-23/h8-10,13,15H,3-7,11-12,14H2,1-2H3. The molecule has 0 N–H and O–H groups in total. The van der Waals surface area contributed by atoms with E-state index in [9.17, 15) is 18.0 Å². The van der Waals surface area contributed by atoms with Gasteiger partial charge in [0.25, 0.3) is 0 Å². The van der Waals surface area contributed by atoms with Gasteiger partial charge in [0.2, 0.25) is 15.9 Å². The Morgan fingerprint density at radius 1 is 1.19 bits per heavy atom. The Bertz CT molecular complexity index is 1030. The van der Waals surface area contributed by atoms with E-state index in [1.807, 2.05) is 6.92 Å². The number of ether oxygens (including phenoxy) is 1. The fraction of sp³-hybridized carbons (Fsp3) is 0.476. The molecule has 0 aliphatic carbocycles. The first-order valence-electron chi connectivity index (χ1n) is 10.3. The Balaban J connectivity index is 1.68. The smallest absolute Gasteiger partial charge is 0.338 e. The van der Waals surface area contributed by atoms with Gasteiger partial charge in [-0.15, -0.1) is 11.3 Å². The number of carbonyl (C=O) groups is 2. The van der Waals surface area contributed by atoms with Gasteiger partial charge in [-0.2, -0.15) is 4.31 Å². The molecule has 0 spiro atoms. The lowest BCUT2D eigenvalue weighted by atomic mass is 10.2. The monoisotopic (exact) mass is 465 g/mol. The van der Waals surface area contributed by atoms with Crippen LogP contribution in [0, 0.1) is 0 Å². The lowest BCUT2D eigenvalue weighted by molar-refractivity contribution is -0.116. The fourth-order valence-corrected chi connectivity index (χ4v) is 5.90. The number of sulfonamides is 1. The molecule has 1 aromatic carbocycles. The van der Waals surface area contributed by atoms with E-state index in [-0.39, 0.29) is 23.0 Å². The van der Waals surface area contributed by atoms with Gasteiger partial charge in [0.1, 0.15) is 6.61 Å². The Hall–Kier alpha value is -2.30. The summed E-state index contributed by atoms with van der Waals surface area (Å²) in [6, 6.07) is 5.95. The van der Waals surface area contributed by atoms with Crippen LogP contribution in [0.5, 0.6) is 0 Å². The summed E-state index contributed by atoms with van der Waals surface area (Å²) >= 11 is 1.30. The molecule has 0 radical (unpaired) electrons. The maximum absolute atomic E-state index is 13.0. The quantitative estimate of drug-likeness (QED) is 0.581. The molecule has 8 nitrogen and oxygen atoms in total. The van der Waals surface area contributed by atoms with Gasteiger partial charge in [-0.25, -0.2) is 18.2 Å². The highest BCUT2D eigenvalue weighted by molar-refractivity contribution is 7.89. The van der Waals surface area contributed by atoms with Crippen molar-refractivity contribution in [3.05, 3.63) is 40.9 Å². The highest BCUT2D eigenvalue weighted by Gasteiger charge is 2.26. The molecule has 168 valence electrons. The molecule has 0 atom stereocenters. The van der Waals surface area contributed by atoms with Crippen molar-refractivity contribution in [2.75, 3.05) is 24.5 Å². The molecule has 0 unspecified atom stereocenters. The van der Waals surface area contributed by atoms with Gasteiger partial charge >= 0.3 is 5.97 Å². The van der Waals surface area contributed by atoms with Gasteiger partial charge in [0.05, 0.1) is 16.2 Å². The van der Waals surface area contributed by atoms with Gasteiger partial charge in [-0.1, -0.05) is 18.9 Å². The van der Waals surface area contributed by atoms with Gasteiger partial charge < -0.3 is 4.74 Å². The van der Waals surface area contributed by atoms with Crippen molar-refractivity contribution in [3.8, 4) is 0 Å². The van der Waals surface area contributed by atoms with Crippen LogP contribution in [-0.4, -0.2) is 49.2 Å². The van der Waals surface area contributed by atoms with Crippen LogP contribution < -0.4 is 4.90 Å². The molecule has 10 heteroatoms. The minimum atomic E-state index is -3.65. The van der Waals surface area contributed by atoms with Crippen LogP contribution >= 0.6 is 11.3 Å². The van der Waals surface area contributed by atoms with Gasteiger partial charge in [-0.3, -0.25) is 9.69 Å². The van der Waals surface area contributed by atoms with Crippen molar-refractivity contribution in [3.63, 3.8) is 0 Å². The van der Waals surface area contributed by atoms with E-state index in [1.165, 1.54) is 45.7 Å². The number of rotatable bonds is 7. The summed E-state index contributed by atoms with van der Waals surface area (Å²) in [4.78, 5) is 30.1. The second-order valence-corrected chi connectivity index (χ2v) is 10.1. The number of anilines is 1.